The number of rotatable bonds is 7. The van der Waals surface area contributed by atoms with Crippen molar-refractivity contribution in [2.45, 2.75) is 25.5 Å². The van der Waals surface area contributed by atoms with E-state index in [0.717, 1.165) is 11.3 Å². The summed E-state index contributed by atoms with van der Waals surface area (Å²) in [6.45, 7) is 2.61. The Balaban J connectivity index is 2.82. The number of nitrogens with one attached hydrogen (secondary N) is 1. The fraction of sp³-hybridized carbons (Fsp3) is 0.533. The number of hydrogen-bond acceptors (Lipinski definition) is 5. The molecule has 0 fully saturated rings. The lowest BCUT2D eigenvalue weighted by Gasteiger charge is -2.23. The molecule has 2 atom stereocenters. The van der Waals surface area contributed by atoms with Gasteiger partial charge in [-0.25, -0.2) is 0 Å². The standard InChI is InChI=1S/C15H24N2O3/c1-5-16-13(10-14(18)20-4)15(19)11-6-8-12(9-7-11)17(2)3/h6-9,13,15-16,19H,5,10H2,1-4H3. The summed E-state index contributed by atoms with van der Waals surface area (Å²) in [6, 6.07) is 7.29. The molecular formula is C15H24N2O3. The Morgan fingerprint density at radius 3 is 2.40 bits per heavy atom. The van der Waals surface area contributed by atoms with Gasteiger partial charge in [-0.05, 0) is 24.2 Å². The average Bonchev–Trinajstić information content (AvgIpc) is 2.46. The van der Waals surface area contributed by atoms with Gasteiger partial charge in [0, 0.05) is 25.8 Å². The molecule has 0 saturated carbocycles. The minimum Gasteiger partial charge on any atom is -0.469 e. The molecule has 1 aromatic rings. The summed E-state index contributed by atoms with van der Waals surface area (Å²) in [7, 11) is 5.28. The molecule has 112 valence electrons. The van der Waals surface area contributed by atoms with Crippen LogP contribution in [0.5, 0.6) is 0 Å². The van der Waals surface area contributed by atoms with Crippen LogP contribution in [0.2, 0.25) is 0 Å². The maximum absolute atomic E-state index is 11.4. The number of anilines is 1. The monoisotopic (exact) mass is 280 g/mol. The van der Waals surface area contributed by atoms with E-state index >= 15 is 0 Å². The van der Waals surface area contributed by atoms with Gasteiger partial charge < -0.3 is 20.1 Å². The predicted molar refractivity (Wildman–Crippen MR) is 79.8 cm³/mol. The van der Waals surface area contributed by atoms with Crippen molar-refractivity contribution in [3.63, 3.8) is 0 Å². The molecule has 0 aliphatic rings. The highest BCUT2D eigenvalue weighted by atomic mass is 16.5. The van der Waals surface area contributed by atoms with E-state index in [4.69, 9.17) is 0 Å². The number of carbonyl (C=O) groups is 1. The molecule has 0 bridgehead atoms. The van der Waals surface area contributed by atoms with Gasteiger partial charge in [0.05, 0.1) is 19.6 Å². The largest absolute Gasteiger partial charge is 0.469 e. The first-order valence-electron chi connectivity index (χ1n) is 6.75. The minimum absolute atomic E-state index is 0.140. The second kappa shape index (κ2) is 7.87. The Morgan fingerprint density at radius 2 is 1.95 bits per heavy atom. The summed E-state index contributed by atoms with van der Waals surface area (Å²) < 4.78 is 4.67. The number of hydrogen-bond donors (Lipinski definition) is 2. The highest BCUT2D eigenvalue weighted by Crippen LogP contribution is 2.22. The Kier molecular flexibility index (Phi) is 6.48. The van der Waals surface area contributed by atoms with E-state index in [1.807, 2.05) is 50.2 Å². The average molecular weight is 280 g/mol. The number of likely N-dealkylation sites (N-methyl/N-ethyl adjacent to an activating group) is 1. The third-order valence-corrected chi connectivity index (χ3v) is 3.21. The Morgan fingerprint density at radius 1 is 1.35 bits per heavy atom. The van der Waals surface area contributed by atoms with Crippen LogP contribution >= 0.6 is 0 Å². The van der Waals surface area contributed by atoms with E-state index in [0.29, 0.717) is 6.54 Å². The number of carbonyl (C=O) groups excluding carboxylic acids is 1. The fourth-order valence-corrected chi connectivity index (χ4v) is 2.02. The summed E-state index contributed by atoms with van der Waals surface area (Å²) >= 11 is 0. The van der Waals surface area contributed by atoms with Gasteiger partial charge in [0.1, 0.15) is 0 Å². The van der Waals surface area contributed by atoms with Gasteiger partial charge in [0.2, 0.25) is 0 Å². The summed E-state index contributed by atoms with van der Waals surface area (Å²) in [6.07, 6.45) is -0.605. The van der Waals surface area contributed by atoms with Crippen LogP contribution in [0.3, 0.4) is 0 Å². The number of esters is 1. The van der Waals surface area contributed by atoms with Crippen molar-refractivity contribution < 1.29 is 14.6 Å². The quantitative estimate of drug-likeness (QED) is 0.738. The zero-order valence-corrected chi connectivity index (χ0v) is 12.6. The molecule has 0 heterocycles. The van der Waals surface area contributed by atoms with Crippen molar-refractivity contribution >= 4 is 11.7 Å². The fourth-order valence-electron chi connectivity index (χ4n) is 2.02. The number of benzene rings is 1. The van der Waals surface area contributed by atoms with Crippen molar-refractivity contribution in [3.8, 4) is 0 Å². The van der Waals surface area contributed by atoms with E-state index in [1.54, 1.807) is 0 Å². The van der Waals surface area contributed by atoms with E-state index in [1.165, 1.54) is 7.11 Å². The molecule has 20 heavy (non-hydrogen) atoms. The third kappa shape index (κ3) is 4.51. The Bertz CT molecular complexity index is 418. The van der Waals surface area contributed by atoms with Crippen molar-refractivity contribution in [1.29, 1.82) is 0 Å². The second-order valence-corrected chi connectivity index (χ2v) is 4.88. The number of aliphatic hydroxyl groups excluding tert-OH is 1. The van der Waals surface area contributed by atoms with Crippen molar-refractivity contribution in [3.05, 3.63) is 29.8 Å². The summed E-state index contributed by atoms with van der Waals surface area (Å²) in [5.74, 6) is -0.333. The van der Waals surface area contributed by atoms with E-state index < -0.39 is 6.10 Å². The second-order valence-electron chi connectivity index (χ2n) is 4.88. The van der Waals surface area contributed by atoms with E-state index in [2.05, 4.69) is 10.1 Å². The molecule has 0 spiro atoms. The van der Waals surface area contributed by atoms with Crippen LogP contribution in [0.1, 0.15) is 25.0 Å². The third-order valence-electron chi connectivity index (χ3n) is 3.21. The smallest absolute Gasteiger partial charge is 0.307 e. The topological polar surface area (TPSA) is 61.8 Å². The molecule has 1 aromatic carbocycles. The lowest BCUT2D eigenvalue weighted by Crippen LogP contribution is -2.37. The van der Waals surface area contributed by atoms with Crippen LogP contribution in [0, 0.1) is 0 Å². The first kappa shape index (κ1) is 16.5. The predicted octanol–water partition coefficient (Wildman–Crippen LogP) is 1.33. The van der Waals surface area contributed by atoms with Crippen LogP contribution in [-0.2, 0) is 9.53 Å². The van der Waals surface area contributed by atoms with Crippen molar-refractivity contribution in [2.24, 2.45) is 0 Å². The Hall–Kier alpha value is -1.59. The van der Waals surface area contributed by atoms with Gasteiger partial charge in [-0.1, -0.05) is 19.1 Å². The molecule has 0 saturated heterocycles. The van der Waals surface area contributed by atoms with Gasteiger partial charge in [0.25, 0.3) is 0 Å². The highest BCUT2D eigenvalue weighted by molar-refractivity contribution is 5.70. The highest BCUT2D eigenvalue weighted by Gasteiger charge is 2.23. The normalized spacial score (nSPS) is 13.7. The molecule has 0 amide bonds. The lowest BCUT2D eigenvalue weighted by molar-refractivity contribution is -0.142. The number of ether oxygens (including phenoxy) is 1. The van der Waals surface area contributed by atoms with Crippen LogP contribution in [0.15, 0.2) is 24.3 Å². The molecule has 5 nitrogen and oxygen atoms in total. The molecule has 2 unspecified atom stereocenters. The molecule has 1 rings (SSSR count). The van der Waals surface area contributed by atoms with Crippen LogP contribution in [0.25, 0.3) is 0 Å². The minimum atomic E-state index is -0.745. The number of methoxy groups -OCH3 is 1. The van der Waals surface area contributed by atoms with Gasteiger partial charge in [-0.3, -0.25) is 4.79 Å². The number of nitrogens with zero attached hydrogens (tertiary/aromatic N) is 1. The van der Waals surface area contributed by atoms with Crippen molar-refractivity contribution in [2.75, 3.05) is 32.6 Å². The SMILES string of the molecule is CCNC(CC(=O)OC)C(O)c1ccc(N(C)C)cc1. The summed E-state index contributed by atoms with van der Waals surface area (Å²) in [5.41, 5.74) is 1.85. The first-order valence-corrected chi connectivity index (χ1v) is 6.75. The van der Waals surface area contributed by atoms with Crippen LogP contribution in [0.4, 0.5) is 5.69 Å². The van der Waals surface area contributed by atoms with Gasteiger partial charge in [0.15, 0.2) is 0 Å². The molecule has 0 aliphatic heterocycles. The van der Waals surface area contributed by atoms with Gasteiger partial charge in [-0.15, -0.1) is 0 Å². The maximum atomic E-state index is 11.4. The van der Waals surface area contributed by atoms with Crippen LogP contribution < -0.4 is 10.2 Å². The van der Waals surface area contributed by atoms with E-state index in [-0.39, 0.29) is 18.4 Å². The van der Waals surface area contributed by atoms with Crippen LogP contribution in [-0.4, -0.2) is 44.9 Å². The van der Waals surface area contributed by atoms with Gasteiger partial charge in [-0.2, -0.15) is 0 Å². The number of aliphatic hydroxyl groups is 1. The molecule has 0 radical (unpaired) electrons. The summed E-state index contributed by atoms with van der Waals surface area (Å²) in [5, 5.41) is 13.5. The Labute approximate surface area is 120 Å². The molecule has 5 heteroatoms. The lowest BCUT2D eigenvalue weighted by atomic mass is 9.99. The zero-order valence-electron chi connectivity index (χ0n) is 12.6. The molecular weight excluding hydrogens is 256 g/mol. The zero-order chi connectivity index (χ0) is 15.1. The summed E-state index contributed by atoms with van der Waals surface area (Å²) in [4.78, 5) is 13.4. The van der Waals surface area contributed by atoms with Gasteiger partial charge >= 0.3 is 5.97 Å². The molecule has 0 aromatic heterocycles. The first-order chi connectivity index (χ1) is 9.49. The molecule has 2 N–H and O–H groups in total. The van der Waals surface area contributed by atoms with E-state index in [9.17, 15) is 9.90 Å². The maximum Gasteiger partial charge on any atom is 0.307 e. The van der Waals surface area contributed by atoms with Crippen molar-refractivity contribution in [1.82, 2.24) is 5.32 Å². The molecule has 0 aliphatic carbocycles.